The van der Waals surface area contributed by atoms with Gasteiger partial charge in [-0.05, 0) is 30.3 Å². The fraction of sp³-hybridized carbons (Fsp3) is 0.125. The molecule has 0 aliphatic carbocycles. The molecule has 6 heteroatoms. The lowest BCUT2D eigenvalue weighted by Crippen LogP contribution is -2.27. The lowest BCUT2D eigenvalue weighted by molar-refractivity contribution is -0.131. The number of thioether (sulfide) groups is 1. The number of anilines is 1. The summed E-state index contributed by atoms with van der Waals surface area (Å²) in [4.78, 5) is 26.4. The van der Waals surface area contributed by atoms with Crippen molar-refractivity contribution in [1.82, 2.24) is 0 Å². The molecule has 2 aromatic carbocycles. The number of para-hydroxylation sites is 1. The Kier molecular flexibility index (Phi) is 4.09. The van der Waals surface area contributed by atoms with Crippen molar-refractivity contribution in [3.63, 3.8) is 0 Å². The van der Waals surface area contributed by atoms with Gasteiger partial charge in [-0.2, -0.15) is 0 Å². The van der Waals surface area contributed by atoms with Crippen LogP contribution in [-0.2, 0) is 4.79 Å². The fourth-order valence-electron chi connectivity index (χ4n) is 2.20. The number of carbonyl (C=O) groups excluding carboxylic acids is 2. The lowest BCUT2D eigenvalue weighted by Gasteiger charge is -2.17. The van der Waals surface area contributed by atoms with Gasteiger partial charge in [0, 0.05) is 17.4 Å². The summed E-state index contributed by atoms with van der Waals surface area (Å²) < 4.78 is 4.96. The van der Waals surface area contributed by atoms with Crippen LogP contribution in [0.4, 0.5) is 5.69 Å². The van der Waals surface area contributed by atoms with Crippen LogP contribution in [0, 0.1) is 0 Å². The molecule has 0 N–H and O–H groups in total. The topological polar surface area (TPSA) is 46.6 Å². The van der Waals surface area contributed by atoms with Gasteiger partial charge < -0.3 is 4.74 Å². The van der Waals surface area contributed by atoms with Gasteiger partial charge in [-0.15, -0.1) is 11.8 Å². The number of ether oxygens (including phenoxy) is 1. The Balaban J connectivity index is 1.87. The first-order chi connectivity index (χ1) is 10.6. The van der Waals surface area contributed by atoms with Crippen molar-refractivity contribution in [1.29, 1.82) is 0 Å². The number of halogens is 1. The van der Waals surface area contributed by atoms with Crippen molar-refractivity contribution >= 4 is 40.9 Å². The van der Waals surface area contributed by atoms with E-state index >= 15 is 0 Å². The number of nitrogens with zero attached hydrogens (tertiary/aromatic N) is 1. The summed E-state index contributed by atoms with van der Waals surface area (Å²) in [6.45, 7) is 1.30. The SMILES string of the molecule is CC(=O)Oc1ccc(C(=O)N2CSc3ccccc32)cc1Cl. The van der Waals surface area contributed by atoms with E-state index in [-0.39, 0.29) is 16.7 Å². The van der Waals surface area contributed by atoms with E-state index in [9.17, 15) is 9.59 Å². The molecule has 0 saturated heterocycles. The molecule has 3 rings (SSSR count). The average molecular weight is 334 g/mol. The zero-order valence-corrected chi connectivity index (χ0v) is 13.3. The first-order valence-corrected chi connectivity index (χ1v) is 7.94. The third-order valence-electron chi connectivity index (χ3n) is 3.18. The van der Waals surface area contributed by atoms with E-state index in [1.807, 2.05) is 24.3 Å². The standard InChI is InChI=1S/C16H12ClNO3S/c1-10(19)21-14-7-6-11(8-12(14)17)16(20)18-9-22-15-5-3-2-4-13(15)18/h2-8H,9H2,1H3. The quantitative estimate of drug-likeness (QED) is 0.616. The largest absolute Gasteiger partial charge is 0.425 e. The summed E-state index contributed by atoms with van der Waals surface area (Å²) in [5.41, 5.74) is 1.36. The van der Waals surface area contributed by atoms with Gasteiger partial charge in [-0.1, -0.05) is 23.7 Å². The van der Waals surface area contributed by atoms with Crippen molar-refractivity contribution in [2.45, 2.75) is 11.8 Å². The molecule has 0 fully saturated rings. The molecule has 1 heterocycles. The number of rotatable bonds is 2. The second-order valence-electron chi connectivity index (χ2n) is 4.71. The number of hydrogen-bond acceptors (Lipinski definition) is 4. The summed E-state index contributed by atoms with van der Waals surface area (Å²) in [5, 5.41) is 0.237. The van der Waals surface area contributed by atoms with Crippen LogP contribution in [0.3, 0.4) is 0 Å². The number of amides is 1. The monoisotopic (exact) mass is 333 g/mol. The normalized spacial score (nSPS) is 12.9. The Hall–Kier alpha value is -1.98. The third kappa shape index (κ3) is 2.82. The number of fused-ring (bicyclic) bond motifs is 1. The Morgan fingerprint density at radius 3 is 2.73 bits per heavy atom. The molecule has 0 bridgehead atoms. The van der Waals surface area contributed by atoms with Crippen molar-refractivity contribution in [3.8, 4) is 5.75 Å². The van der Waals surface area contributed by atoms with Gasteiger partial charge >= 0.3 is 5.97 Å². The van der Waals surface area contributed by atoms with E-state index in [2.05, 4.69) is 0 Å². The Labute approximate surface area is 137 Å². The smallest absolute Gasteiger partial charge is 0.308 e. The molecular weight excluding hydrogens is 322 g/mol. The average Bonchev–Trinajstić information content (AvgIpc) is 2.92. The minimum absolute atomic E-state index is 0.131. The van der Waals surface area contributed by atoms with Crippen molar-refractivity contribution in [2.24, 2.45) is 0 Å². The summed E-state index contributed by atoms with van der Waals surface area (Å²) in [5.74, 6) is 0.239. The summed E-state index contributed by atoms with van der Waals surface area (Å²) in [6.07, 6.45) is 0. The van der Waals surface area contributed by atoms with E-state index in [4.69, 9.17) is 16.3 Å². The van der Waals surface area contributed by atoms with Crippen LogP contribution < -0.4 is 9.64 Å². The van der Waals surface area contributed by atoms with E-state index in [0.29, 0.717) is 11.4 Å². The van der Waals surface area contributed by atoms with Gasteiger partial charge in [0.25, 0.3) is 5.91 Å². The van der Waals surface area contributed by atoms with Gasteiger partial charge in [-0.3, -0.25) is 14.5 Å². The highest BCUT2D eigenvalue weighted by molar-refractivity contribution is 8.00. The van der Waals surface area contributed by atoms with Gasteiger partial charge in [-0.25, -0.2) is 0 Å². The summed E-state index contributed by atoms with van der Waals surface area (Å²) in [7, 11) is 0. The van der Waals surface area contributed by atoms with E-state index in [0.717, 1.165) is 10.6 Å². The van der Waals surface area contributed by atoms with E-state index in [1.54, 1.807) is 22.7 Å². The van der Waals surface area contributed by atoms with Crippen LogP contribution in [0.5, 0.6) is 5.75 Å². The first-order valence-electron chi connectivity index (χ1n) is 6.58. The molecule has 0 atom stereocenters. The fourth-order valence-corrected chi connectivity index (χ4v) is 3.45. The maximum atomic E-state index is 12.6. The Morgan fingerprint density at radius 2 is 2.00 bits per heavy atom. The summed E-state index contributed by atoms with van der Waals surface area (Å²) in [6, 6.07) is 12.4. The molecule has 0 spiro atoms. The van der Waals surface area contributed by atoms with Crippen LogP contribution in [0.15, 0.2) is 47.4 Å². The van der Waals surface area contributed by atoms with Gasteiger partial charge in [0.2, 0.25) is 0 Å². The minimum atomic E-state index is -0.453. The third-order valence-corrected chi connectivity index (χ3v) is 4.52. The molecule has 4 nitrogen and oxygen atoms in total. The van der Waals surface area contributed by atoms with Crippen LogP contribution in [0.2, 0.25) is 5.02 Å². The molecule has 112 valence electrons. The molecule has 0 unspecified atom stereocenters. The van der Waals surface area contributed by atoms with Crippen LogP contribution in [-0.4, -0.2) is 17.8 Å². The second-order valence-corrected chi connectivity index (χ2v) is 6.11. The molecule has 1 amide bonds. The highest BCUT2D eigenvalue weighted by Crippen LogP contribution is 2.39. The summed E-state index contributed by atoms with van der Waals surface area (Å²) >= 11 is 7.69. The maximum absolute atomic E-state index is 12.6. The van der Waals surface area contributed by atoms with Crippen LogP contribution in [0.1, 0.15) is 17.3 Å². The van der Waals surface area contributed by atoms with Crippen molar-refractivity contribution in [3.05, 3.63) is 53.1 Å². The van der Waals surface area contributed by atoms with Gasteiger partial charge in [0.15, 0.2) is 0 Å². The molecule has 1 aliphatic heterocycles. The van der Waals surface area contributed by atoms with Gasteiger partial charge in [0.1, 0.15) is 5.75 Å². The molecule has 0 aromatic heterocycles. The number of esters is 1. The predicted octanol–water partition coefficient (Wildman–Crippen LogP) is 3.98. The second kappa shape index (κ2) is 6.02. The molecule has 0 radical (unpaired) electrons. The lowest BCUT2D eigenvalue weighted by atomic mass is 10.2. The Morgan fingerprint density at radius 1 is 1.23 bits per heavy atom. The first kappa shape index (κ1) is 14.9. The maximum Gasteiger partial charge on any atom is 0.308 e. The highest BCUT2D eigenvalue weighted by Gasteiger charge is 2.26. The molecule has 0 saturated carbocycles. The number of benzene rings is 2. The van der Waals surface area contributed by atoms with Crippen LogP contribution in [0.25, 0.3) is 0 Å². The Bertz CT molecular complexity index is 763. The number of carbonyl (C=O) groups is 2. The number of hydrogen-bond donors (Lipinski definition) is 0. The van der Waals surface area contributed by atoms with Crippen molar-refractivity contribution < 1.29 is 14.3 Å². The van der Waals surface area contributed by atoms with Crippen LogP contribution >= 0.6 is 23.4 Å². The highest BCUT2D eigenvalue weighted by atomic mass is 35.5. The van der Waals surface area contributed by atoms with E-state index in [1.165, 1.54) is 19.1 Å². The zero-order valence-electron chi connectivity index (χ0n) is 11.7. The van der Waals surface area contributed by atoms with Gasteiger partial charge in [0.05, 0.1) is 16.6 Å². The molecule has 2 aromatic rings. The van der Waals surface area contributed by atoms with Crippen molar-refractivity contribution in [2.75, 3.05) is 10.8 Å². The molecular formula is C16H12ClNO3S. The minimum Gasteiger partial charge on any atom is -0.425 e. The molecule has 22 heavy (non-hydrogen) atoms. The van der Waals surface area contributed by atoms with E-state index < -0.39 is 5.97 Å². The predicted molar refractivity (Wildman–Crippen MR) is 86.7 cm³/mol. The molecule has 1 aliphatic rings. The zero-order chi connectivity index (χ0) is 15.7.